The van der Waals surface area contributed by atoms with Crippen LogP contribution in [0.3, 0.4) is 0 Å². The molecule has 0 aliphatic heterocycles. The van der Waals surface area contributed by atoms with Gasteiger partial charge in [0.1, 0.15) is 10.5 Å². The third kappa shape index (κ3) is 4.54. The van der Waals surface area contributed by atoms with E-state index < -0.39 is 0 Å². The third-order valence-electron chi connectivity index (χ3n) is 0.790. The number of alkyl halides is 1. The SMILES string of the molecule is CCC(Cl)[SiH2]O[SiH3]. The molecule has 0 aliphatic rings. The molecule has 0 rings (SSSR count). The highest BCUT2D eigenvalue weighted by Gasteiger charge is 1.97. The summed E-state index contributed by atoms with van der Waals surface area (Å²) in [6.07, 6.45) is 1.07. The number of hydrogen-bond acceptors (Lipinski definition) is 1. The van der Waals surface area contributed by atoms with Crippen molar-refractivity contribution in [3.63, 3.8) is 0 Å². The van der Waals surface area contributed by atoms with Crippen LogP contribution in [0, 0.1) is 0 Å². The Morgan fingerprint density at radius 2 is 2.57 bits per heavy atom. The summed E-state index contributed by atoms with van der Waals surface area (Å²) in [7, 11) is 0.542. The van der Waals surface area contributed by atoms with Crippen molar-refractivity contribution in [1.29, 1.82) is 0 Å². The number of hydrogen-bond donors (Lipinski definition) is 0. The summed E-state index contributed by atoms with van der Waals surface area (Å²) in [5.41, 5.74) is 0. The summed E-state index contributed by atoms with van der Waals surface area (Å²) in [5.74, 6) is 0. The van der Waals surface area contributed by atoms with E-state index in [9.17, 15) is 0 Å². The quantitative estimate of drug-likeness (QED) is 0.388. The zero-order valence-corrected chi connectivity index (χ0v) is 8.95. The van der Waals surface area contributed by atoms with Gasteiger partial charge in [-0.2, -0.15) is 0 Å². The van der Waals surface area contributed by atoms with Crippen molar-refractivity contribution in [1.82, 2.24) is 0 Å². The molecule has 0 aromatic carbocycles. The van der Waals surface area contributed by atoms with E-state index in [0.29, 0.717) is 5.00 Å². The summed E-state index contributed by atoms with van der Waals surface area (Å²) >= 11 is 5.72. The molecule has 0 N–H and O–H groups in total. The zero-order valence-electron chi connectivity index (χ0n) is 4.78. The Bertz CT molecular complexity index is 43.9. The van der Waals surface area contributed by atoms with Gasteiger partial charge in [-0.05, 0) is 6.42 Å². The van der Waals surface area contributed by atoms with Crippen LogP contribution >= 0.6 is 11.6 Å². The van der Waals surface area contributed by atoms with E-state index >= 15 is 0 Å². The molecule has 0 aromatic rings. The van der Waals surface area contributed by atoms with Gasteiger partial charge < -0.3 is 4.12 Å². The average Bonchev–Trinajstić information content (AvgIpc) is 1.68. The van der Waals surface area contributed by atoms with Gasteiger partial charge >= 0.3 is 0 Å². The van der Waals surface area contributed by atoms with Gasteiger partial charge in [0, 0.05) is 5.00 Å². The molecule has 4 heteroatoms. The lowest BCUT2D eigenvalue weighted by atomic mass is 10.6. The van der Waals surface area contributed by atoms with E-state index in [1.807, 2.05) is 0 Å². The van der Waals surface area contributed by atoms with E-state index in [0.717, 1.165) is 16.9 Å². The van der Waals surface area contributed by atoms with Crippen molar-refractivity contribution in [2.75, 3.05) is 0 Å². The molecule has 1 unspecified atom stereocenters. The lowest BCUT2D eigenvalue weighted by molar-refractivity contribution is 0.652. The highest BCUT2D eigenvalue weighted by atomic mass is 35.5. The molecule has 0 aliphatic carbocycles. The number of halogens is 1. The molecule has 0 saturated carbocycles. The summed E-state index contributed by atoms with van der Waals surface area (Å²) in [4.78, 5) is 0. The molecule has 0 bridgehead atoms. The fourth-order valence-corrected chi connectivity index (χ4v) is 3.12. The maximum atomic E-state index is 5.72. The molecule has 0 saturated heterocycles. The van der Waals surface area contributed by atoms with Crippen molar-refractivity contribution in [3.8, 4) is 0 Å². The molecule has 0 fully saturated rings. The Kier molecular flexibility index (Phi) is 5.31. The van der Waals surface area contributed by atoms with Crippen molar-refractivity contribution >= 4 is 31.9 Å². The first kappa shape index (κ1) is 7.68. The van der Waals surface area contributed by atoms with Crippen LogP contribution in [0.1, 0.15) is 13.3 Å². The van der Waals surface area contributed by atoms with Crippen LogP contribution in [0.15, 0.2) is 0 Å². The van der Waals surface area contributed by atoms with Crippen LogP contribution in [0.4, 0.5) is 0 Å². The first-order valence-electron chi connectivity index (χ1n) is 2.44. The first-order chi connectivity index (χ1) is 3.31. The van der Waals surface area contributed by atoms with Crippen LogP contribution in [0.5, 0.6) is 0 Å². The fourth-order valence-electron chi connectivity index (χ4n) is 0.299. The van der Waals surface area contributed by atoms with E-state index in [1.165, 1.54) is 0 Å². The molecule has 0 radical (unpaired) electrons. The van der Waals surface area contributed by atoms with Crippen LogP contribution < -0.4 is 0 Å². The molecule has 0 aromatic heterocycles. The Labute approximate surface area is 54.9 Å². The standard InChI is InChI=1S/C3H11ClOSi2/c1-2-3(4)7-5-6/h3H,2,7H2,1,6H3. The molecule has 0 spiro atoms. The molecular weight excluding hydrogens is 144 g/mol. The second kappa shape index (κ2) is 4.83. The minimum atomic E-state index is -0.327. The Morgan fingerprint density at radius 3 is 2.71 bits per heavy atom. The van der Waals surface area contributed by atoms with Crippen molar-refractivity contribution in [2.24, 2.45) is 0 Å². The monoisotopic (exact) mass is 154 g/mol. The van der Waals surface area contributed by atoms with Crippen LogP contribution in [0.25, 0.3) is 0 Å². The predicted octanol–water partition coefficient (Wildman–Crippen LogP) is -0.658. The van der Waals surface area contributed by atoms with Crippen LogP contribution in [-0.4, -0.2) is 25.2 Å². The second-order valence-corrected chi connectivity index (χ2v) is 6.22. The Hall–Kier alpha value is 0.684. The van der Waals surface area contributed by atoms with Gasteiger partial charge in [-0.1, -0.05) is 6.92 Å². The van der Waals surface area contributed by atoms with Crippen molar-refractivity contribution in [3.05, 3.63) is 0 Å². The normalized spacial score (nSPS) is 16.3. The van der Waals surface area contributed by atoms with Gasteiger partial charge in [0.15, 0.2) is 9.76 Å². The summed E-state index contributed by atoms with van der Waals surface area (Å²) < 4.78 is 5.04. The lowest BCUT2D eigenvalue weighted by Gasteiger charge is -2.00. The highest BCUT2D eigenvalue weighted by Crippen LogP contribution is 1.96. The number of rotatable bonds is 3. The summed E-state index contributed by atoms with van der Waals surface area (Å²) in [6, 6.07) is 0. The predicted molar refractivity (Wildman–Crippen MR) is 39.5 cm³/mol. The average molecular weight is 155 g/mol. The molecule has 0 heterocycles. The molecule has 0 amide bonds. The van der Waals surface area contributed by atoms with Gasteiger partial charge in [0.05, 0.1) is 0 Å². The van der Waals surface area contributed by atoms with Crippen LogP contribution in [-0.2, 0) is 4.12 Å². The largest absolute Gasteiger partial charge is 0.467 e. The minimum Gasteiger partial charge on any atom is -0.467 e. The van der Waals surface area contributed by atoms with Gasteiger partial charge in [0.2, 0.25) is 0 Å². The van der Waals surface area contributed by atoms with E-state index in [-0.39, 0.29) is 9.76 Å². The lowest BCUT2D eigenvalue weighted by Crippen LogP contribution is -2.10. The Balaban J connectivity index is 2.83. The summed E-state index contributed by atoms with van der Waals surface area (Å²) in [6.45, 7) is 2.09. The highest BCUT2D eigenvalue weighted by molar-refractivity contribution is 6.51. The molecule has 1 atom stereocenters. The zero-order chi connectivity index (χ0) is 5.70. The molecule has 1 nitrogen and oxygen atoms in total. The van der Waals surface area contributed by atoms with E-state index in [1.54, 1.807) is 0 Å². The fraction of sp³-hybridized carbons (Fsp3) is 1.00. The Morgan fingerprint density at radius 1 is 2.00 bits per heavy atom. The second-order valence-electron chi connectivity index (χ2n) is 1.46. The third-order valence-corrected chi connectivity index (χ3v) is 3.75. The maximum Gasteiger partial charge on any atom is 0.163 e. The van der Waals surface area contributed by atoms with Crippen molar-refractivity contribution < 1.29 is 4.12 Å². The van der Waals surface area contributed by atoms with Gasteiger partial charge in [-0.25, -0.2) is 0 Å². The minimum absolute atomic E-state index is 0.327. The molecular formula is C3H11ClOSi2. The van der Waals surface area contributed by atoms with Crippen molar-refractivity contribution in [2.45, 2.75) is 18.3 Å². The van der Waals surface area contributed by atoms with Crippen LogP contribution in [0.2, 0.25) is 0 Å². The van der Waals surface area contributed by atoms with Gasteiger partial charge in [0.25, 0.3) is 0 Å². The van der Waals surface area contributed by atoms with Gasteiger partial charge in [-0.15, -0.1) is 11.6 Å². The first-order valence-corrected chi connectivity index (χ1v) is 5.09. The molecule has 7 heavy (non-hydrogen) atoms. The summed E-state index contributed by atoms with van der Waals surface area (Å²) in [5, 5.41) is 0.373. The maximum absolute atomic E-state index is 5.72. The van der Waals surface area contributed by atoms with Gasteiger partial charge in [-0.3, -0.25) is 0 Å². The van der Waals surface area contributed by atoms with E-state index in [4.69, 9.17) is 15.7 Å². The molecule has 44 valence electrons. The smallest absolute Gasteiger partial charge is 0.163 e. The topological polar surface area (TPSA) is 9.23 Å². The van der Waals surface area contributed by atoms with E-state index in [2.05, 4.69) is 6.92 Å².